The Morgan fingerprint density at radius 1 is 1.03 bits per heavy atom. The van der Waals surface area contributed by atoms with E-state index in [1.54, 1.807) is 48.5 Å². The minimum absolute atomic E-state index is 0.171. The molecule has 2 aromatic carbocycles. The fourth-order valence-corrected chi connectivity index (χ4v) is 4.55. The molecule has 0 spiro atoms. The molecule has 162 valence electrons. The SMILES string of the molecule is C=C.C=C(OC1CCCC1)[C@@H](C)NP(=O)(Oc1ccccc1)Oc1ccc(N)cc1. The van der Waals surface area contributed by atoms with Crippen molar-refractivity contribution in [3.05, 3.63) is 80.1 Å². The Hall–Kier alpha value is -2.69. The summed E-state index contributed by atoms with van der Waals surface area (Å²) in [6.07, 6.45) is 4.53. The third kappa shape index (κ3) is 7.29. The van der Waals surface area contributed by atoms with Gasteiger partial charge in [0.1, 0.15) is 17.3 Å². The van der Waals surface area contributed by atoms with Crippen LogP contribution in [0.5, 0.6) is 11.5 Å². The highest BCUT2D eigenvalue weighted by Crippen LogP contribution is 2.46. The number of nitrogens with one attached hydrogen (secondary N) is 1. The maximum absolute atomic E-state index is 13.5. The van der Waals surface area contributed by atoms with E-state index in [0.717, 1.165) is 25.7 Å². The summed E-state index contributed by atoms with van der Waals surface area (Å²) in [7, 11) is -3.76. The molecule has 2 atom stereocenters. The highest BCUT2D eigenvalue weighted by Gasteiger charge is 2.32. The molecule has 3 N–H and O–H groups in total. The van der Waals surface area contributed by atoms with E-state index in [9.17, 15) is 4.57 Å². The second-order valence-electron chi connectivity index (χ2n) is 6.90. The van der Waals surface area contributed by atoms with Crippen LogP contribution in [-0.4, -0.2) is 12.1 Å². The fraction of sp³-hybridized carbons (Fsp3) is 0.304. The summed E-state index contributed by atoms with van der Waals surface area (Å²) in [5.74, 6) is 1.34. The van der Waals surface area contributed by atoms with Gasteiger partial charge in [0.2, 0.25) is 0 Å². The van der Waals surface area contributed by atoms with Gasteiger partial charge in [0, 0.05) is 5.69 Å². The third-order valence-electron chi connectivity index (χ3n) is 4.53. The predicted molar refractivity (Wildman–Crippen MR) is 122 cm³/mol. The van der Waals surface area contributed by atoms with Gasteiger partial charge >= 0.3 is 7.75 Å². The molecule has 1 unspecified atom stereocenters. The van der Waals surface area contributed by atoms with Gasteiger partial charge in [0.15, 0.2) is 0 Å². The maximum Gasteiger partial charge on any atom is 0.513 e. The molecule has 30 heavy (non-hydrogen) atoms. The van der Waals surface area contributed by atoms with Gasteiger partial charge in [0.05, 0.1) is 12.1 Å². The van der Waals surface area contributed by atoms with Crippen LogP contribution in [-0.2, 0) is 9.30 Å². The molecular weight excluding hydrogens is 399 g/mol. The summed E-state index contributed by atoms with van der Waals surface area (Å²) in [5, 5.41) is 2.93. The molecule has 1 aliphatic carbocycles. The molecule has 0 heterocycles. The molecule has 0 aromatic heterocycles. The van der Waals surface area contributed by atoms with Crippen LogP contribution in [0, 0.1) is 0 Å². The van der Waals surface area contributed by atoms with E-state index in [0.29, 0.717) is 22.9 Å². The lowest BCUT2D eigenvalue weighted by Gasteiger charge is -2.26. The number of anilines is 1. The Morgan fingerprint density at radius 3 is 2.13 bits per heavy atom. The molecule has 1 aliphatic rings. The lowest BCUT2D eigenvalue weighted by atomic mass is 10.3. The average molecular weight is 430 g/mol. The van der Waals surface area contributed by atoms with Gasteiger partial charge in [-0.3, -0.25) is 0 Å². The number of nitrogens with two attached hydrogens (primary N) is 1. The van der Waals surface area contributed by atoms with E-state index < -0.39 is 13.8 Å². The van der Waals surface area contributed by atoms with Crippen molar-refractivity contribution >= 4 is 13.4 Å². The first kappa shape index (κ1) is 23.6. The monoisotopic (exact) mass is 430 g/mol. The quantitative estimate of drug-likeness (QED) is 0.217. The predicted octanol–water partition coefficient (Wildman–Crippen LogP) is 6.09. The molecule has 1 fully saturated rings. The molecule has 0 radical (unpaired) electrons. The molecule has 0 bridgehead atoms. The van der Waals surface area contributed by atoms with Crippen LogP contribution in [0.4, 0.5) is 5.69 Å². The van der Waals surface area contributed by atoms with E-state index in [-0.39, 0.29) is 6.10 Å². The van der Waals surface area contributed by atoms with Crippen molar-refractivity contribution in [2.24, 2.45) is 0 Å². The van der Waals surface area contributed by atoms with E-state index in [4.69, 9.17) is 19.5 Å². The lowest BCUT2D eigenvalue weighted by molar-refractivity contribution is 0.109. The van der Waals surface area contributed by atoms with E-state index in [2.05, 4.69) is 24.8 Å². The first-order valence-corrected chi connectivity index (χ1v) is 11.5. The topological polar surface area (TPSA) is 82.8 Å². The zero-order chi connectivity index (χ0) is 22.0. The largest absolute Gasteiger partial charge is 0.513 e. The van der Waals surface area contributed by atoms with Crippen molar-refractivity contribution in [1.29, 1.82) is 0 Å². The second-order valence-corrected chi connectivity index (χ2v) is 8.52. The van der Waals surface area contributed by atoms with Crippen molar-refractivity contribution in [2.75, 3.05) is 5.73 Å². The Balaban J connectivity index is 0.00000155. The van der Waals surface area contributed by atoms with Gasteiger partial charge in [0.25, 0.3) is 0 Å². The van der Waals surface area contributed by atoms with Crippen LogP contribution in [0.1, 0.15) is 32.6 Å². The molecular formula is C23H31N2O4P. The Kier molecular flexibility index (Phi) is 9.03. The average Bonchev–Trinajstić information content (AvgIpc) is 3.25. The van der Waals surface area contributed by atoms with E-state index >= 15 is 0 Å². The number of hydrogen-bond acceptors (Lipinski definition) is 5. The van der Waals surface area contributed by atoms with Crippen molar-refractivity contribution in [3.8, 4) is 11.5 Å². The smallest absolute Gasteiger partial charge is 0.494 e. The summed E-state index contributed by atoms with van der Waals surface area (Å²) >= 11 is 0. The summed E-state index contributed by atoms with van der Waals surface area (Å²) in [6.45, 7) is 11.8. The highest BCUT2D eigenvalue weighted by atomic mass is 31.2. The Labute approximate surface area is 179 Å². The van der Waals surface area contributed by atoms with Crippen molar-refractivity contribution in [3.63, 3.8) is 0 Å². The highest BCUT2D eigenvalue weighted by molar-refractivity contribution is 7.52. The zero-order valence-corrected chi connectivity index (χ0v) is 18.4. The molecule has 0 saturated heterocycles. The molecule has 7 heteroatoms. The van der Waals surface area contributed by atoms with Gasteiger partial charge in [-0.1, -0.05) is 24.8 Å². The number of nitrogen functional groups attached to an aromatic ring is 1. The Morgan fingerprint density at radius 2 is 1.57 bits per heavy atom. The van der Waals surface area contributed by atoms with Gasteiger partial charge in [-0.2, -0.15) is 5.09 Å². The van der Waals surface area contributed by atoms with Crippen LogP contribution in [0.2, 0.25) is 0 Å². The van der Waals surface area contributed by atoms with Crippen molar-refractivity contribution in [2.45, 2.75) is 44.8 Å². The summed E-state index contributed by atoms with van der Waals surface area (Å²) in [6, 6.07) is 15.1. The molecule has 2 aromatic rings. The summed E-state index contributed by atoms with van der Waals surface area (Å²) < 4.78 is 30.9. The molecule has 6 nitrogen and oxygen atoms in total. The fourth-order valence-electron chi connectivity index (χ4n) is 2.99. The van der Waals surface area contributed by atoms with Gasteiger partial charge in [-0.15, -0.1) is 13.2 Å². The van der Waals surface area contributed by atoms with Crippen LogP contribution >= 0.6 is 7.75 Å². The first-order valence-electron chi connectivity index (χ1n) is 9.96. The molecule has 0 amide bonds. The van der Waals surface area contributed by atoms with Gasteiger partial charge in [-0.25, -0.2) is 4.57 Å². The van der Waals surface area contributed by atoms with Crippen LogP contribution < -0.4 is 19.9 Å². The minimum Gasteiger partial charge on any atom is -0.494 e. The van der Waals surface area contributed by atoms with Crippen LogP contribution in [0.3, 0.4) is 0 Å². The number of rotatable bonds is 9. The van der Waals surface area contributed by atoms with E-state index in [1.165, 1.54) is 0 Å². The number of hydrogen-bond donors (Lipinski definition) is 2. The maximum atomic E-state index is 13.5. The van der Waals surface area contributed by atoms with Gasteiger partial charge in [-0.05, 0) is 69.0 Å². The lowest BCUT2D eigenvalue weighted by Crippen LogP contribution is -2.31. The second kappa shape index (κ2) is 11.5. The summed E-state index contributed by atoms with van der Waals surface area (Å²) in [4.78, 5) is 0. The van der Waals surface area contributed by atoms with Crippen LogP contribution in [0.15, 0.2) is 80.1 Å². The minimum atomic E-state index is -3.76. The van der Waals surface area contributed by atoms with Crippen molar-refractivity contribution < 1.29 is 18.3 Å². The number of benzene rings is 2. The zero-order valence-electron chi connectivity index (χ0n) is 17.5. The van der Waals surface area contributed by atoms with Gasteiger partial charge < -0.3 is 19.5 Å². The molecule has 3 rings (SSSR count). The standard InChI is InChI=1S/C21H27N2O4P.C2H4/c1-16(17(2)25-19-8-6-7-9-19)23-28(24,26-20-10-4-3-5-11-20)27-21-14-12-18(22)13-15-21;1-2/h3-5,10-16,19H,2,6-9,22H2,1H3,(H,23,24);1-2H2/t16-,28?;/m1./s1. The summed E-state index contributed by atoms with van der Waals surface area (Å²) in [5.41, 5.74) is 6.30. The van der Waals surface area contributed by atoms with Crippen LogP contribution in [0.25, 0.3) is 0 Å². The first-order chi connectivity index (χ1) is 14.4. The molecule has 0 aliphatic heterocycles. The third-order valence-corrected chi connectivity index (χ3v) is 6.14. The van der Waals surface area contributed by atoms with Crippen molar-refractivity contribution in [1.82, 2.24) is 5.09 Å². The Bertz CT molecular complexity index is 836. The molecule has 1 saturated carbocycles. The number of para-hydroxylation sites is 1. The number of ether oxygens (including phenoxy) is 1. The normalized spacial score (nSPS) is 16.4. The van der Waals surface area contributed by atoms with E-state index in [1.807, 2.05) is 13.0 Å².